The van der Waals surface area contributed by atoms with Crippen LogP contribution in [-0.2, 0) is 38.4 Å². The molecule has 0 N–H and O–H groups in total. The molecule has 6 heteroatoms. The van der Waals surface area contributed by atoms with Crippen LogP contribution < -0.4 is 0 Å². The van der Waals surface area contributed by atoms with E-state index in [0.29, 0.717) is 6.54 Å². The van der Waals surface area contributed by atoms with Gasteiger partial charge in [0, 0.05) is 13.0 Å². The van der Waals surface area contributed by atoms with E-state index in [2.05, 4.69) is 54.8 Å². The number of carbonyl (C=O) groups is 2. The maximum Gasteiger partial charge on any atom is 0.320 e. The minimum atomic E-state index is -1.03. The molecule has 0 fully saturated rings. The molecule has 0 amide bonds. The lowest BCUT2D eigenvalue weighted by molar-refractivity contribution is -0.161. The number of carbonyl (C=O) groups excluding carboxylic acids is 2. The summed E-state index contributed by atoms with van der Waals surface area (Å²) < 4.78 is 12.8. The van der Waals surface area contributed by atoms with Crippen molar-refractivity contribution < 1.29 is 19.1 Å². The van der Waals surface area contributed by atoms with Gasteiger partial charge in [0.2, 0.25) is 0 Å². The number of hydrogen-bond acceptors (Lipinski definition) is 5. The van der Waals surface area contributed by atoms with Crippen LogP contribution in [0.25, 0.3) is 22.2 Å². The van der Waals surface area contributed by atoms with E-state index in [1.165, 1.54) is 0 Å². The van der Waals surface area contributed by atoms with Gasteiger partial charge in [-0.2, -0.15) is 0 Å². The SMILES string of the molecule is CCCc1nc2c(C)cccc2n1Cc1ccc(-c2ccccc2)c(CC(C(=O)OCC)C(=O)OCC)c1. The number of aromatic nitrogens is 2. The second kappa shape index (κ2) is 12.5. The number of imidazole rings is 1. The van der Waals surface area contributed by atoms with E-state index in [9.17, 15) is 9.59 Å². The Kier molecular flexibility index (Phi) is 8.95. The molecular formula is C32H36N2O4. The molecule has 0 atom stereocenters. The van der Waals surface area contributed by atoms with Gasteiger partial charge in [-0.25, -0.2) is 4.98 Å². The van der Waals surface area contributed by atoms with Crippen molar-refractivity contribution in [2.45, 2.75) is 53.5 Å². The molecule has 0 radical (unpaired) electrons. The van der Waals surface area contributed by atoms with Crippen LogP contribution in [0, 0.1) is 12.8 Å². The Hall–Kier alpha value is -3.93. The second-order valence-corrected chi connectivity index (χ2v) is 9.43. The lowest BCUT2D eigenvalue weighted by Gasteiger charge is -2.18. The number of para-hydroxylation sites is 1. The Labute approximate surface area is 224 Å². The molecule has 0 saturated heterocycles. The lowest BCUT2D eigenvalue weighted by Crippen LogP contribution is -2.30. The van der Waals surface area contributed by atoms with Crippen molar-refractivity contribution in [3.8, 4) is 11.1 Å². The molecular weight excluding hydrogens is 476 g/mol. The molecule has 1 aromatic heterocycles. The smallest absolute Gasteiger partial charge is 0.320 e. The van der Waals surface area contributed by atoms with Gasteiger partial charge >= 0.3 is 11.9 Å². The zero-order valence-corrected chi connectivity index (χ0v) is 22.7. The third-order valence-electron chi connectivity index (χ3n) is 6.69. The van der Waals surface area contributed by atoms with Crippen LogP contribution in [0.2, 0.25) is 0 Å². The number of nitrogens with zero attached hydrogens (tertiary/aromatic N) is 2. The van der Waals surface area contributed by atoms with Gasteiger partial charge < -0.3 is 14.0 Å². The first-order valence-corrected chi connectivity index (χ1v) is 13.4. The van der Waals surface area contributed by atoms with Crippen molar-refractivity contribution in [2.24, 2.45) is 5.92 Å². The van der Waals surface area contributed by atoms with Crippen LogP contribution >= 0.6 is 0 Å². The minimum Gasteiger partial charge on any atom is -0.465 e. The van der Waals surface area contributed by atoms with Gasteiger partial charge in [0.05, 0.1) is 24.2 Å². The number of hydrogen-bond donors (Lipinski definition) is 0. The van der Waals surface area contributed by atoms with E-state index in [-0.39, 0.29) is 19.6 Å². The van der Waals surface area contributed by atoms with Gasteiger partial charge in [-0.3, -0.25) is 9.59 Å². The first kappa shape index (κ1) is 27.1. The quantitative estimate of drug-likeness (QED) is 0.174. The summed E-state index contributed by atoms with van der Waals surface area (Å²) in [5.41, 5.74) is 7.27. The zero-order valence-electron chi connectivity index (χ0n) is 22.7. The summed E-state index contributed by atoms with van der Waals surface area (Å²) in [5, 5.41) is 0. The second-order valence-electron chi connectivity index (χ2n) is 9.43. The third kappa shape index (κ3) is 5.96. The van der Waals surface area contributed by atoms with Crippen LogP contribution in [0.1, 0.15) is 49.7 Å². The number of esters is 2. The van der Waals surface area contributed by atoms with E-state index in [1.54, 1.807) is 13.8 Å². The number of rotatable bonds is 11. The topological polar surface area (TPSA) is 70.4 Å². The Morgan fingerprint density at radius 1 is 0.895 bits per heavy atom. The van der Waals surface area contributed by atoms with Gasteiger partial charge in [0.25, 0.3) is 0 Å². The summed E-state index contributed by atoms with van der Waals surface area (Å²) >= 11 is 0. The largest absolute Gasteiger partial charge is 0.465 e. The molecule has 0 unspecified atom stereocenters. The molecule has 1 heterocycles. The van der Waals surface area contributed by atoms with Crippen molar-refractivity contribution in [3.63, 3.8) is 0 Å². The highest BCUT2D eigenvalue weighted by Gasteiger charge is 2.31. The highest BCUT2D eigenvalue weighted by Crippen LogP contribution is 2.29. The molecule has 0 bridgehead atoms. The number of aryl methyl sites for hydroxylation is 2. The first-order valence-electron chi connectivity index (χ1n) is 13.4. The van der Waals surface area contributed by atoms with Crippen molar-refractivity contribution in [1.82, 2.24) is 9.55 Å². The Morgan fingerprint density at radius 3 is 2.26 bits per heavy atom. The van der Waals surface area contributed by atoms with Crippen LogP contribution in [0.15, 0.2) is 66.7 Å². The fourth-order valence-electron chi connectivity index (χ4n) is 4.89. The summed E-state index contributed by atoms with van der Waals surface area (Å²) in [6, 6.07) is 22.6. The van der Waals surface area contributed by atoms with Crippen LogP contribution in [0.3, 0.4) is 0 Å². The first-order chi connectivity index (χ1) is 18.5. The summed E-state index contributed by atoms with van der Waals surface area (Å²) in [6.07, 6.45) is 2.08. The van der Waals surface area contributed by atoms with E-state index < -0.39 is 17.9 Å². The molecule has 3 aromatic carbocycles. The average molecular weight is 513 g/mol. The van der Waals surface area contributed by atoms with Crippen LogP contribution in [0.4, 0.5) is 0 Å². The van der Waals surface area contributed by atoms with Crippen LogP contribution in [-0.4, -0.2) is 34.7 Å². The fourth-order valence-corrected chi connectivity index (χ4v) is 4.89. The van der Waals surface area contributed by atoms with Gasteiger partial charge in [0.1, 0.15) is 5.82 Å². The van der Waals surface area contributed by atoms with Crippen molar-refractivity contribution in [3.05, 3.63) is 89.2 Å². The molecule has 0 aliphatic carbocycles. The van der Waals surface area contributed by atoms with Crippen molar-refractivity contribution >= 4 is 23.0 Å². The van der Waals surface area contributed by atoms with Crippen molar-refractivity contribution in [1.29, 1.82) is 0 Å². The monoisotopic (exact) mass is 512 g/mol. The molecule has 4 rings (SSSR count). The summed E-state index contributed by atoms with van der Waals surface area (Å²) in [7, 11) is 0. The number of benzene rings is 3. The van der Waals surface area contributed by atoms with E-state index in [0.717, 1.165) is 57.5 Å². The van der Waals surface area contributed by atoms with Gasteiger partial charge in [0.15, 0.2) is 5.92 Å². The fraction of sp³-hybridized carbons (Fsp3) is 0.344. The molecule has 4 aromatic rings. The van der Waals surface area contributed by atoms with Crippen LogP contribution in [0.5, 0.6) is 0 Å². The standard InChI is InChI=1S/C32H36N2O4/c1-5-12-29-33-30-22(4)13-11-16-28(30)34(29)21-23-17-18-26(24-14-9-8-10-15-24)25(19-23)20-27(31(35)37-6-2)32(36)38-7-3/h8-11,13-19,27H,5-7,12,20-21H2,1-4H3. The molecule has 0 aliphatic heterocycles. The van der Waals surface area contributed by atoms with Gasteiger partial charge in [-0.05, 0) is 67.5 Å². The molecule has 6 nitrogen and oxygen atoms in total. The number of ether oxygens (including phenoxy) is 2. The predicted octanol–water partition coefficient (Wildman–Crippen LogP) is 6.30. The summed E-state index contributed by atoms with van der Waals surface area (Å²) in [5.74, 6) is -1.09. The Bertz CT molecular complexity index is 1390. The Morgan fingerprint density at radius 2 is 1.61 bits per heavy atom. The Balaban J connectivity index is 1.78. The summed E-state index contributed by atoms with van der Waals surface area (Å²) in [4.78, 5) is 30.6. The van der Waals surface area contributed by atoms with Crippen molar-refractivity contribution in [2.75, 3.05) is 13.2 Å². The molecule has 198 valence electrons. The van der Waals surface area contributed by atoms with E-state index in [4.69, 9.17) is 14.5 Å². The maximum absolute atomic E-state index is 12.8. The highest BCUT2D eigenvalue weighted by atomic mass is 16.6. The average Bonchev–Trinajstić information content (AvgIpc) is 3.26. The molecule has 0 saturated carbocycles. The minimum absolute atomic E-state index is 0.196. The van der Waals surface area contributed by atoms with E-state index in [1.807, 2.05) is 30.3 Å². The highest BCUT2D eigenvalue weighted by molar-refractivity contribution is 5.95. The maximum atomic E-state index is 12.8. The molecule has 0 spiro atoms. The third-order valence-corrected chi connectivity index (χ3v) is 6.69. The molecule has 38 heavy (non-hydrogen) atoms. The number of fused-ring (bicyclic) bond motifs is 1. The molecule has 0 aliphatic rings. The van der Waals surface area contributed by atoms with Gasteiger partial charge in [-0.1, -0.05) is 67.6 Å². The predicted molar refractivity (Wildman–Crippen MR) is 150 cm³/mol. The zero-order chi connectivity index (χ0) is 27.1. The normalized spacial score (nSPS) is 11.2. The van der Waals surface area contributed by atoms with E-state index >= 15 is 0 Å². The summed E-state index contributed by atoms with van der Waals surface area (Å²) in [6.45, 7) is 8.77. The lowest BCUT2D eigenvalue weighted by atomic mass is 9.90. The van der Waals surface area contributed by atoms with Gasteiger partial charge in [-0.15, -0.1) is 0 Å².